The molecule has 1 aliphatic heterocycles. The van der Waals surface area contributed by atoms with Gasteiger partial charge in [0.2, 0.25) is 0 Å². The third-order valence-electron chi connectivity index (χ3n) is 2.14. The van der Waals surface area contributed by atoms with Crippen molar-refractivity contribution in [2.45, 2.75) is 45.3 Å². The van der Waals surface area contributed by atoms with Crippen molar-refractivity contribution in [3.8, 4) is 0 Å². The van der Waals surface area contributed by atoms with Gasteiger partial charge in [-0.25, -0.2) is 4.39 Å². The van der Waals surface area contributed by atoms with E-state index in [1.165, 1.54) is 0 Å². The summed E-state index contributed by atoms with van der Waals surface area (Å²) in [6.45, 7) is 5.48. The predicted molar refractivity (Wildman–Crippen MR) is 40.1 cm³/mol. The summed E-state index contributed by atoms with van der Waals surface area (Å²) in [4.78, 5) is 0. The lowest BCUT2D eigenvalue weighted by atomic mass is 10.0. The fraction of sp³-hybridized carbons (Fsp3) is 1.00. The zero-order chi connectivity index (χ0) is 8.59. The van der Waals surface area contributed by atoms with Crippen LogP contribution in [-0.2, 0) is 4.74 Å². The Labute approximate surface area is 66.4 Å². The van der Waals surface area contributed by atoms with Crippen molar-refractivity contribution in [1.82, 2.24) is 0 Å². The molecular formula is C8H15FO2. The number of hydrogen-bond donors (Lipinski definition) is 1. The minimum absolute atomic E-state index is 0.174. The van der Waals surface area contributed by atoms with Crippen molar-refractivity contribution in [2.24, 2.45) is 5.92 Å². The molecule has 0 radical (unpaired) electrons. The van der Waals surface area contributed by atoms with E-state index < -0.39 is 18.4 Å². The van der Waals surface area contributed by atoms with Gasteiger partial charge in [0.15, 0.2) is 6.17 Å². The molecule has 0 aromatic heterocycles. The molecule has 2 nitrogen and oxygen atoms in total. The molecule has 3 heteroatoms. The summed E-state index contributed by atoms with van der Waals surface area (Å²) >= 11 is 0. The van der Waals surface area contributed by atoms with E-state index in [2.05, 4.69) is 0 Å². The maximum Gasteiger partial charge on any atom is 0.154 e. The second-order valence-corrected chi connectivity index (χ2v) is 3.48. The van der Waals surface area contributed by atoms with Crippen LogP contribution >= 0.6 is 0 Å². The maximum absolute atomic E-state index is 12.9. The molecule has 1 aliphatic rings. The lowest BCUT2D eigenvalue weighted by Crippen LogP contribution is -2.31. The molecule has 0 spiro atoms. The molecule has 11 heavy (non-hydrogen) atoms. The van der Waals surface area contributed by atoms with E-state index in [1.807, 2.05) is 13.8 Å². The molecule has 0 aromatic carbocycles. The number of rotatable bonds is 1. The van der Waals surface area contributed by atoms with Crippen LogP contribution in [-0.4, -0.2) is 29.6 Å². The quantitative estimate of drug-likeness (QED) is 0.626. The number of ether oxygens (including phenoxy) is 1. The normalized spacial score (nSPS) is 45.3. The highest BCUT2D eigenvalue weighted by Gasteiger charge is 2.42. The van der Waals surface area contributed by atoms with Crippen LogP contribution in [0.2, 0.25) is 0 Å². The second kappa shape index (κ2) is 3.07. The fourth-order valence-corrected chi connectivity index (χ4v) is 1.41. The lowest BCUT2D eigenvalue weighted by molar-refractivity contribution is -0.0114. The van der Waals surface area contributed by atoms with Crippen LogP contribution in [0.5, 0.6) is 0 Å². The van der Waals surface area contributed by atoms with Crippen molar-refractivity contribution < 1.29 is 14.2 Å². The van der Waals surface area contributed by atoms with Gasteiger partial charge in [-0.15, -0.1) is 0 Å². The molecule has 0 aliphatic carbocycles. The summed E-state index contributed by atoms with van der Waals surface area (Å²) in [6, 6.07) is 0. The largest absolute Gasteiger partial charge is 0.387 e. The fourth-order valence-electron chi connectivity index (χ4n) is 1.41. The summed E-state index contributed by atoms with van der Waals surface area (Å²) in [5.74, 6) is 0.174. The average Bonchev–Trinajstić information content (AvgIpc) is 2.17. The van der Waals surface area contributed by atoms with Gasteiger partial charge in [-0.05, 0) is 12.8 Å². The molecular weight excluding hydrogens is 147 g/mol. The van der Waals surface area contributed by atoms with Crippen LogP contribution in [0.3, 0.4) is 0 Å². The average molecular weight is 162 g/mol. The van der Waals surface area contributed by atoms with E-state index in [0.29, 0.717) is 0 Å². The Hall–Kier alpha value is -0.150. The third-order valence-corrected chi connectivity index (χ3v) is 2.14. The number of aliphatic hydroxyl groups excluding tert-OH is 1. The van der Waals surface area contributed by atoms with E-state index in [4.69, 9.17) is 4.74 Å². The molecule has 1 rings (SSSR count). The highest BCUT2D eigenvalue weighted by Crippen LogP contribution is 2.27. The van der Waals surface area contributed by atoms with E-state index in [-0.39, 0.29) is 12.0 Å². The number of halogens is 1. The van der Waals surface area contributed by atoms with E-state index >= 15 is 0 Å². The Bertz CT molecular complexity index is 138. The molecule has 66 valence electrons. The highest BCUT2D eigenvalue weighted by molar-refractivity contribution is 4.89. The standard InChI is InChI=1S/C8H15FO2/c1-4(2)8-7(10)6(9)5(3)11-8/h4-8,10H,1-3H3/t5-,6-,7-,8+/m0/s1. The van der Waals surface area contributed by atoms with Gasteiger partial charge >= 0.3 is 0 Å². The van der Waals surface area contributed by atoms with Crippen LogP contribution in [0.4, 0.5) is 4.39 Å². The molecule has 0 aromatic rings. The van der Waals surface area contributed by atoms with Gasteiger partial charge in [0.05, 0.1) is 12.2 Å². The maximum atomic E-state index is 12.9. The Balaban J connectivity index is 2.59. The summed E-state index contributed by atoms with van der Waals surface area (Å²) < 4.78 is 18.2. The number of aliphatic hydroxyl groups is 1. The molecule has 1 heterocycles. The molecule has 0 amide bonds. The summed E-state index contributed by atoms with van der Waals surface area (Å²) in [5, 5.41) is 9.30. The molecule has 1 saturated heterocycles. The molecule has 0 saturated carbocycles. The first-order chi connectivity index (χ1) is 5.04. The second-order valence-electron chi connectivity index (χ2n) is 3.48. The van der Waals surface area contributed by atoms with Gasteiger partial charge in [-0.2, -0.15) is 0 Å². The van der Waals surface area contributed by atoms with Gasteiger partial charge in [0.25, 0.3) is 0 Å². The van der Waals surface area contributed by atoms with Crippen molar-refractivity contribution >= 4 is 0 Å². The SMILES string of the molecule is CC(C)[C@H]1O[C@@H](C)[C@H](F)[C@@H]1O. The number of hydrogen-bond acceptors (Lipinski definition) is 2. The molecule has 0 bridgehead atoms. The van der Waals surface area contributed by atoms with Crippen LogP contribution in [0.25, 0.3) is 0 Å². The summed E-state index contributed by atoms with van der Waals surface area (Å²) in [7, 11) is 0. The van der Waals surface area contributed by atoms with Gasteiger partial charge in [-0.1, -0.05) is 13.8 Å². The summed E-state index contributed by atoms with van der Waals surface area (Å²) in [6.07, 6.45) is -2.95. The van der Waals surface area contributed by atoms with Crippen LogP contribution in [0.1, 0.15) is 20.8 Å². The third kappa shape index (κ3) is 1.54. The van der Waals surface area contributed by atoms with Crippen molar-refractivity contribution in [2.75, 3.05) is 0 Å². The highest BCUT2D eigenvalue weighted by atomic mass is 19.1. The van der Waals surface area contributed by atoms with Crippen molar-refractivity contribution in [3.05, 3.63) is 0 Å². The van der Waals surface area contributed by atoms with Gasteiger partial charge < -0.3 is 9.84 Å². The molecule has 4 atom stereocenters. The Morgan fingerprint density at radius 2 is 2.00 bits per heavy atom. The van der Waals surface area contributed by atoms with Crippen molar-refractivity contribution in [1.29, 1.82) is 0 Å². The summed E-state index contributed by atoms with van der Waals surface area (Å²) in [5.41, 5.74) is 0. The minimum atomic E-state index is -1.22. The van der Waals surface area contributed by atoms with E-state index in [1.54, 1.807) is 6.92 Å². The van der Waals surface area contributed by atoms with Gasteiger partial charge in [0, 0.05) is 0 Å². The zero-order valence-corrected chi connectivity index (χ0v) is 7.12. The van der Waals surface area contributed by atoms with Gasteiger partial charge in [0.1, 0.15) is 6.10 Å². The molecule has 1 fully saturated rings. The minimum Gasteiger partial charge on any atom is -0.387 e. The topological polar surface area (TPSA) is 29.5 Å². The van der Waals surface area contributed by atoms with Crippen LogP contribution < -0.4 is 0 Å². The van der Waals surface area contributed by atoms with E-state index in [0.717, 1.165) is 0 Å². The monoisotopic (exact) mass is 162 g/mol. The zero-order valence-electron chi connectivity index (χ0n) is 7.12. The molecule has 1 N–H and O–H groups in total. The van der Waals surface area contributed by atoms with Gasteiger partial charge in [-0.3, -0.25) is 0 Å². The first-order valence-corrected chi connectivity index (χ1v) is 4.01. The molecule has 0 unspecified atom stereocenters. The lowest BCUT2D eigenvalue weighted by Gasteiger charge is -2.17. The van der Waals surface area contributed by atoms with Crippen LogP contribution in [0.15, 0.2) is 0 Å². The predicted octanol–water partition coefficient (Wildman–Crippen LogP) is 1.13. The first kappa shape index (κ1) is 8.94. The number of alkyl halides is 1. The Morgan fingerprint density at radius 3 is 2.18 bits per heavy atom. The van der Waals surface area contributed by atoms with Crippen LogP contribution in [0, 0.1) is 5.92 Å². The Kier molecular flexibility index (Phi) is 2.50. The van der Waals surface area contributed by atoms with Crippen molar-refractivity contribution in [3.63, 3.8) is 0 Å². The first-order valence-electron chi connectivity index (χ1n) is 4.01. The smallest absolute Gasteiger partial charge is 0.154 e. The van der Waals surface area contributed by atoms with E-state index in [9.17, 15) is 9.50 Å². The Morgan fingerprint density at radius 1 is 1.45 bits per heavy atom.